The maximum Gasteiger partial charge on any atom is 0.306 e. The lowest BCUT2D eigenvalue weighted by Crippen LogP contribution is -2.59. The number of aliphatic hydroxyl groups is 4. The Balaban J connectivity index is 2.19. The molecular weight excluding hydrogens is 684 g/mol. The van der Waals surface area contributed by atoms with Gasteiger partial charge in [-0.2, -0.15) is 0 Å². The van der Waals surface area contributed by atoms with E-state index in [0.29, 0.717) is 13.0 Å². The fourth-order valence-corrected chi connectivity index (χ4v) is 7.38. The summed E-state index contributed by atoms with van der Waals surface area (Å²) in [6, 6.07) is 0. The molecule has 1 aliphatic heterocycles. The van der Waals surface area contributed by atoms with E-state index in [1.807, 2.05) is 0 Å². The van der Waals surface area contributed by atoms with Crippen molar-refractivity contribution in [1.82, 2.24) is 0 Å². The summed E-state index contributed by atoms with van der Waals surface area (Å²) in [5.41, 5.74) is 0. The number of carbonyl (C=O) groups is 1. The molecule has 322 valence electrons. The number of unbranched alkanes of at least 4 members (excludes halogenated alkanes) is 29. The molecule has 4 N–H and O–H groups in total. The van der Waals surface area contributed by atoms with Gasteiger partial charge < -0.3 is 39.4 Å². The molecule has 0 aromatic heterocycles. The quantitative estimate of drug-likeness (QED) is 0.0355. The first-order chi connectivity index (χ1) is 26.4. The van der Waals surface area contributed by atoms with Gasteiger partial charge in [0.05, 0.1) is 19.8 Å². The zero-order valence-electron chi connectivity index (χ0n) is 35.3. The summed E-state index contributed by atoms with van der Waals surface area (Å²) < 4.78 is 22.8. The van der Waals surface area contributed by atoms with E-state index in [1.165, 1.54) is 167 Å². The smallest absolute Gasteiger partial charge is 0.306 e. The van der Waals surface area contributed by atoms with E-state index in [9.17, 15) is 25.2 Å². The van der Waals surface area contributed by atoms with Crippen LogP contribution in [-0.2, 0) is 23.7 Å². The summed E-state index contributed by atoms with van der Waals surface area (Å²) in [5.74, 6) is -0.310. The van der Waals surface area contributed by atoms with E-state index in [2.05, 4.69) is 13.8 Å². The molecule has 0 spiro atoms. The first-order valence-corrected chi connectivity index (χ1v) is 23.1. The molecule has 0 aromatic carbocycles. The monoisotopic (exact) mass is 773 g/mol. The number of aliphatic hydroxyl groups excluding tert-OH is 4. The van der Waals surface area contributed by atoms with Crippen LogP contribution in [0.1, 0.15) is 219 Å². The van der Waals surface area contributed by atoms with Gasteiger partial charge in [-0.1, -0.05) is 200 Å². The summed E-state index contributed by atoms with van der Waals surface area (Å²) in [7, 11) is 0. The third kappa shape index (κ3) is 28.6. The second kappa shape index (κ2) is 37.7. The second-order valence-corrected chi connectivity index (χ2v) is 16.2. The number of esters is 1. The largest absolute Gasteiger partial charge is 0.457 e. The van der Waals surface area contributed by atoms with Crippen LogP contribution in [0.5, 0.6) is 0 Å². The second-order valence-electron chi connectivity index (χ2n) is 16.2. The van der Waals surface area contributed by atoms with E-state index in [0.717, 1.165) is 32.1 Å². The van der Waals surface area contributed by atoms with Gasteiger partial charge >= 0.3 is 5.97 Å². The van der Waals surface area contributed by atoms with Crippen LogP contribution in [0.15, 0.2) is 0 Å². The average Bonchev–Trinajstić information content (AvgIpc) is 3.17. The topological polar surface area (TPSA) is 135 Å². The lowest BCUT2D eigenvalue weighted by atomic mass is 9.99. The highest BCUT2D eigenvalue weighted by Gasteiger charge is 2.44. The molecule has 1 saturated heterocycles. The predicted molar refractivity (Wildman–Crippen MR) is 220 cm³/mol. The van der Waals surface area contributed by atoms with Crippen LogP contribution in [0.4, 0.5) is 0 Å². The van der Waals surface area contributed by atoms with E-state index in [1.54, 1.807) is 0 Å². The maximum atomic E-state index is 12.7. The molecule has 0 bridgehead atoms. The van der Waals surface area contributed by atoms with E-state index < -0.39 is 43.4 Å². The Morgan fingerprint density at radius 1 is 0.519 bits per heavy atom. The Kier molecular flexibility index (Phi) is 35.8. The van der Waals surface area contributed by atoms with Gasteiger partial charge in [-0.25, -0.2) is 0 Å². The van der Waals surface area contributed by atoms with Crippen molar-refractivity contribution >= 4 is 5.97 Å². The molecule has 0 amide bonds. The summed E-state index contributed by atoms with van der Waals surface area (Å²) in [6.07, 6.45) is 32.8. The normalized spacial score (nSPS) is 20.7. The van der Waals surface area contributed by atoms with Gasteiger partial charge in [-0.3, -0.25) is 4.79 Å². The highest BCUT2D eigenvalue weighted by Crippen LogP contribution is 2.23. The molecule has 9 heteroatoms. The van der Waals surface area contributed by atoms with Crippen molar-refractivity contribution in [3.05, 3.63) is 0 Å². The molecule has 1 fully saturated rings. The molecule has 1 heterocycles. The van der Waals surface area contributed by atoms with Crippen molar-refractivity contribution in [3.8, 4) is 0 Å². The van der Waals surface area contributed by atoms with Crippen molar-refractivity contribution in [1.29, 1.82) is 0 Å². The summed E-state index contributed by atoms with van der Waals surface area (Å²) >= 11 is 0. The van der Waals surface area contributed by atoms with E-state index >= 15 is 0 Å². The van der Waals surface area contributed by atoms with Crippen LogP contribution in [0, 0.1) is 0 Å². The number of rotatable bonds is 40. The highest BCUT2D eigenvalue weighted by atomic mass is 16.7. The number of ether oxygens (including phenoxy) is 4. The average molecular weight is 773 g/mol. The molecular formula is C45H88O9. The number of carbonyl (C=O) groups excluding carboxylic acids is 1. The molecule has 6 atom stereocenters. The van der Waals surface area contributed by atoms with Crippen molar-refractivity contribution in [2.45, 2.75) is 256 Å². The molecule has 0 saturated carbocycles. The zero-order valence-corrected chi connectivity index (χ0v) is 35.3. The Bertz CT molecular complexity index is 797. The molecule has 0 radical (unpaired) electrons. The predicted octanol–water partition coefficient (Wildman–Crippen LogP) is 10.3. The van der Waals surface area contributed by atoms with Crippen LogP contribution < -0.4 is 0 Å². The summed E-state index contributed by atoms with van der Waals surface area (Å²) in [4.78, 5) is 12.7. The molecule has 0 aromatic rings. The van der Waals surface area contributed by atoms with Gasteiger partial charge in [-0.15, -0.1) is 0 Å². The number of hydrogen-bond acceptors (Lipinski definition) is 9. The van der Waals surface area contributed by atoms with Gasteiger partial charge in [-0.05, 0) is 12.8 Å². The Hall–Kier alpha value is -0.810. The molecule has 0 aliphatic carbocycles. The maximum absolute atomic E-state index is 12.7. The highest BCUT2D eigenvalue weighted by molar-refractivity contribution is 5.69. The van der Waals surface area contributed by atoms with Crippen molar-refractivity contribution < 1.29 is 44.2 Å². The van der Waals surface area contributed by atoms with Crippen LogP contribution in [-0.4, -0.2) is 89.6 Å². The molecule has 1 aliphatic rings. The lowest BCUT2D eigenvalue weighted by Gasteiger charge is -2.39. The molecule has 6 unspecified atom stereocenters. The fourth-order valence-electron chi connectivity index (χ4n) is 7.38. The van der Waals surface area contributed by atoms with Gasteiger partial charge in [0.15, 0.2) is 6.29 Å². The lowest BCUT2D eigenvalue weighted by molar-refractivity contribution is -0.305. The van der Waals surface area contributed by atoms with Crippen molar-refractivity contribution in [3.63, 3.8) is 0 Å². The van der Waals surface area contributed by atoms with Gasteiger partial charge in [0.2, 0.25) is 0 Å². The summed E-state index contributed by atoms with van der Waals surface area (Å²) in [5, 5.41) is 40.1. The van der Waals surface area contributed by atoms with Crippen molar-refractivity contribution in [2.75, 3.05) is 26.4 Å². The Morgan fingerprint density at radius 2 is 0.907 bits per heavy atom. The standard InChI is InChI=1S/C45H88O9/c1-3-5-7-9-11-13-15-16-17-18-19-20-21-22-23-25-27-29-31-33-35-51-37-39(38-52-45-44(50)43(49)42(48)40(36-46)54-45)53-41(47)34-32-30-28-26-24-14-12-10-8-6-4-2/h39-40,42-46,48-50H,3-38H2,1-2H3. The fraction of sp³-hybridized carbons (Fsp3) is 0.978. The minimum atomic E-state index is -1.53. The minimum Gasteiger partial charge on any atom is -0.457 e. The zero-order chi connectivity index (χ0) is 39.3. The number of hydrogen-bond donors (Lipinski definition) is 4. The van der Waals surface area contributed by atoms with Crippen LogP contribution in [0.25, 0.3) is 0 Å². The van der Waals surface area contributed by atoms with E-state index in [-0.39, 0.29) is 19.2 Å². The first kappa shape index (κ1) is 51.2. The van der Waals surface area contributed by atoms with Gasteiger partial charge in [0, 0.05) is 13.0 Å². The van der Waals surface area contributed by atoms with Crippen molar-refractivity contribution in [2.24, 2.45) is 0 Å². The molecule has 9 nitrogen and oxygen atoms in total. The Labute approximate surface area is 332 Å². The first-order valence-electron chi connectivity index (χ1n) is 23.1. The third-order valence-corrected chi connectivity index (χ3v) is 11.0. The van der Waals surface area contributed by atoms with Gasteiger partial charge in [0.25, 0.3) is 0 Å². The Morgan fingerprint density at radius 3 is 1.31 bits per heavy atom. The SMILES string of the molecule is CCCCCCCCCCCCCCCCCCCCCCOCC(COC1OC(CO)C(O)C(O)C1O)OC(=O)CCCCCCCCCCCCC. The van der Waals surface area contributed by atoms with Crippen LogP contribution >= 0.6 is 0 Å². The van der Waals surface area contributed by atoms with Crippen LogP contribution in [0.2, 0.25) is 0 Å². The summed E-state index contributed by atoms with van der Waals surface area (Å²) in [6.45, 7) is 4.60. The van der Waals surface area contributed by atoms with Gasteiger partial charge in [0.1, 0.15) is 30.5 Å². The molecule has 1 rings (SSSR count). The third-order valence-electron chi connectivity index (χ3n) is 11.0. The van der Waals surface area contributed by atoms with E-state index in [4.69, 9.17) is 18.9 Å². The molecule has 54 heavy (non-hydrogen) atoms. The minimum absolute atomic E-state index is 0.105. The van der Waals surface area contributed by atoms with Crippen LogP contribution in [0.3, 0.4) is 0 Å².